The van der Waals surface area contributed by atoms with Crippen molar-refractivity contribution in [3.8, 4) is 0 Å². The maximum atomic E-state index is 11.4. The van der Waals surface area contributed by atoms with E-state index < -0.39 is 22.0 Å². The van der Waals surface area contributed by atoms with E-state index in [-0.39, 0.29) is 23.7 Å². The molecule has 0 bridgehead atoms. The molecule has 1 unspecified atom stereocenters. The Hall–Kier alpha value is -0.210. The van der Waals surface area contributed by atoms with E-state index in [1.807, 2.05) is 34.6 Å². The molecule has 1 aliphatic carbocycles. The van der Waals surface area contributed by atoms with Crippen LogP contribution >= 0.6 is 0 Å². The van der Waals surface area contributed by atoms with Gasteiger partial charge in [-0.1, -0.05) is 0 Å². The number of fused-ring (bicyclic) bond motifs is 1. The van der Waals surface area contributed by atoms with Gasteiger partial charge >= 0.3 is 0 Å². The Bertz CT molecular complexity index is 478. The summed E-state index contributed by atoms with van der Waals surface area (Å²) < 4.78 is 45.6. The van der Waals surface area contributed by atoms with Crippen LogP contribution in [-0.4, -0.2) is 51.0 Å². The zero-order valence-electron chi connectivity index (χ0n) is 13.6. The minimum absolute atomic E-state index is 0.0581. The summed E-state index contributed by atoms with van der Waals surface area (Å²) >= 11 is 0. The minimum atomic E-state index is -3.53. The van der Waals surface area contributed by atoms with Crippen molar-refractivity contribution >= 4 is 10.1 Å². The fourth-order valence-corrected chi connectivity index (χ4v) is 3.51. The SMILES string of the molecule is CC(C)(C)OC[C@H]1C[C@@H](OS(C)(=O)=O)C2OC(C)(C)O[C@H]21. The molecule has 0 radical (unpaired) electrons. The largest absolute Gasteiger partial charge is 0.375 e. The summed E-state index contributed by atoms with van der Waals surface area (Å²) in [5, 5.41) is 0. The molecule has 2 aliphatic rings. The number of hydrogen-bond acceptors (Lipinski definition) is 6. The van der Waals surface area contributed by atoms with Crippen LogP contribution in [0.25, 0.3) is 0 Å². The first-order chi connectivity index (χ1) is 9.36. The van der Waals surface area contributed by atoms with E-state index in [2.05, 4.69) is 0 Å². The zero-order valence-corrected chi connectivity index (χ0v) is 14.4. The van der Waals surface area contributed by atoms with Gasteiger partial charge in [-0.25, -0.2) is 0 Å². The first-order valence-electron chi connectivity index (χ1n) is 7.24. The van der Waals surface area contributed by atoms with Crippen LogP contribution in [-0.2, 0) is 28.5 Å². The van der Waals surface area contributed by atoms with Crippen LogP contribution in [0.15, 0.2) is 0 Å². The molecule has 1 saturated heterocycles. The second kappa shape index (κ2) is 5.45. The molecule has 4 atom stereocenters. The summed E-state index contributed by atoms with van der Waals surface area (Å²) in [6, 6.07) is 0. The van der Waals surface area contributed by atoms with E-state index in [0.29, 0.717) is 13.0 Å². The van der Waals surface area contributed by atoms with Gasteiger partial charge in [0.05, 0.1) is 24.6 Å². The molecule has 21 heavy (non-hydrogen) atoms. The maximum absolute atomic E-state index is 11.4. The van der Waals surface area contributed by atoms with Crippen molar-refractivity contribution in [2.24, 2.45) is 5.92 Å². The maximum Gasteiger partial charge on any atom is 0.264 e. The van der Waals surface area contributed by atoms with Gasteiger partial charge in [-0.05, 0) is 41.0 Å². The second-order valence-corrected chi connectivity index (χ2v) is 8.92. The van der Waals surface area contributed by atoms with Crippen LogP contribution < -0.4 is 0 Å². The van der Waals surface area contributed by atoms with Gasteiger partial charge in [0, 0.05) is 5.92 Å². The van der Waals surface area contributed by atoms with Gasteiger partial charge in [-0.15, -0.1) is 0 Å². The number of hydrogen-bond donors (Lipinski definition) is 0. The van der Waals surface area contributed by atoms with Crippen LogP contribution in [0.5, 0.6) is 0 Å². The molecule has 0 aromatic carbocycles. The summed E-state index contributed by atoms with van der Waals surface area (Å²) in [6.07, 6.45) is 0.522. The van der Waals surface area contributed by atoms with Gasteiger partial charge < -0.3 is 14.2 Å². The van der Waals surface area contributed by atoms with Crippen LogP contribution in [0.4, 0.5) is 0 Å². The highest BCUT2D eigenvalue weighted by Gasteiger charge is 2.55. The summed E-state index contributed by atoms with van der Waals surface area (Å²) in [5.41, 5.74) is -0.250. The number of ether oxygens (including phenoxy) is 3. The van der Waals surface area contributed by atoms with Crippen molar-refractivity contribution in [1.82, 2.24) is 0 Å². The molecule has 1 heterocycles. The Morgan fingerprint density at radius 3 is 2.29 bits per heavy atom. The molecule has 2 fully saturated rings. The minimum Gasteiger partial charge on any atom is -0.375 e. The molecule has 0 spiro atoms. The molecule has 2 rings (SSSR count). The molecule has 0 N–H and O–H groups in total. The first kappa shape index (κ1) is 17.1. The molecule has 0 aromatic rings. The summed E-state index contributed by atoms with van der Waals surface area (Å²) in [6.45, 7) is 10.1. The van der Waals surface area contributed by atoms with Crippen LogP contribution in [0.3, 0.4) is 0 Å². The molecule has 124 valence electrons. The third-order valence-corrected chi connectivity index (χ3v) is 4.16. The quantitative estimate of drug-likeness (QED) is 0.734. The van der Waals surface area contributed by atoms with Gasteiger partial charge in [-0.2, -0.15) is 8.42 Å². The first-order valence-corrected chi connectivity index (χ1v) is 9.06. The lowest BCUT2D eigenvalue weighted by molar-refractivity contribution is -0.168. The highest BCUT2D eigenvalue weighted by Crippen LogP contribution is 2.43. The average Bonchev–Trinajstić information content (AvgIpc) is 2.68. The van der Waals surface area contributed by atoms with Gasteiger partial charge in [0.2, 0.25) is 0 Å². The fraction of sp³-hybridized carbons (Fsp3) is 1.00. The predicted octanol–water partition coefficient (Wildman–Crippen LogP) is 1.69. The smallest absolute Gasteiger partial charge is 0.264 e. The Balaban J connectivity index is 2.09. The Labute approximate surface area is 127 Å². The van der Waals surface area contributed by atoms with E-state index in [1.54, 1.807) is 0 Å². The third-order valence-electron chi connectivity index (χ3n) is 3.56. The Morgan fingerprint density at radius 2 is 1.76 bits per heavy atom. The van der Waals surface area contributed by atoms with Crippen molar-refractivity contribution in [2.45, 2.75) is 70.7 Å². The van der Waals surface area contributed by atoms with E-state index in [0.717, 1.165) is 6.26 Å². The van der Waals surface area contributed by atoms with Crippen LogP contribution in [0.2, 0.25) is 0 Å². The molecule has 0 aromatic heterocycles. The van der Waals surface area contributed by atoms with Crippen molar-refractivity contribution in [3.63, 3.8) is 0 Å². The fourth-order valence-electron chi connectivity index (χ4n) is 2.87. The second-order valence-electron chi connectivity index (χ2n) is 7.32. The van der Waals surface area contributed by atoms with Crippen molar-refractivity contribution in [1.29, 1.82) is 0 Å². The third kappa shape index (κ3) is 4.63. The lowest BCUT2D eigenvalue weighted by atomic mass is 10.1. The molecular formula is C14H26O6S. The monoisotopic (exact) mass is 322 g/mol. The summed E-state index contributed by atoms with van der Waals surface area (Å²) in [4.78, 5) is 0. The molecule has 6 nitrogen and oxygen atoms in total. The van der Waals surface area contributed by atoms with E-state index in [4.69, 9.17) is 18.4 Å². The van der Waals surface area contributed by atoms with E-state index >= 15 is 0 Å². The van der Waals surface area contributed by atoms with Gasteiger partial charge in [-0.3, -0.25) is 4.18 Å². The van der Waals surface area contributed by atoms with Crippen molar-refractivity contribution in [3.05, 3.63) is 0 Å². The molecular weight excluding hydrogens is 296 g/mol. The van der Waals surface area contributed by atoms with E-state index in [1.165, 1.54) is 0 Å². The van der Waals surface area contributed by atoms with E-state index in [9.17, 15) is 8.42 Å². The topological polar surface area (TPSA) is 71.1 Å². The normalized spacial score (nSPS) is 35.9. The summed E-state index contributed by atoms with van der Waals surface area (Å²) in [7, 11) is -3.53. The van der Waals surface area contributed by atoms with Crippen molar-refractivity contribution < 1.29 is 26.8 Å². The standard InChI is InChI=1S/C14H26O6S/c1-13(2,3)17-8-9-7-10(20-21(6,15)16)12-11(9)18-14(4,5)19-12/h9-12H,7-8H2,1-6H3/t9-,10-,11+,12?/m1/s1. The van der Waals surface area contributed by atoms with Crippen molar-refractivity contribution in [2.75, 3.05) is 12.9 Å². The lowest BCUT2D eigenvalue weighted by Gasteiger charge is -2.26. The van der Waals surface area contributed by atoms with Gasteiger partial charge in [0.1, 0.15) is 12.2 Å². The molecule has 1 saturated carbocycles. The molecule has 0 amide bonds. The predicted molar refractivity (Wildman–Crippen MR) is 77.4 cm³/mol. The van der Waals surface area contributed by atoms with Gasteiger partial charge in [0.15, 0.2) is 5.79 Å². The Morgan fingerprint density at radius 1 is 1.19 bits per heavy atom. The highest BCUT2D eigenvalue weighted by atomic mass is 32.2. The van der Waals surface area contributed by atoms with Crippen LogP contribution in [0, 0.1) is 5.92 Å². The molecule has 1 aliphatic heterocycles. The Kier molecular flexibility index (Phi) is 4.45. The lowest BCUT2D eigenvalue weighted by Crippen LogP contribution is -2.32. The van der Waals surface area contributed by atoms with Crippen LogP contribution in [0.1, 0.15) is 41.0 Å². The average molecular weight is 322 g/mol. The summed E-state index contributed by atoms with van der Waals surface area (Å²) in [5.74, 6) is -0.669. The zero-order chi connectivity index (χ0) is 16.1. The highest BCUT2D eigenvalue weighted by molar-refractivity contribution is 7.86. The number of rotatable bonds is 4. The van der Waals surface area contributed by atoms with Gasteiger partial charge in [0.25, 0.3) is 10.1 Å². The molecule has 7 heteroatoms.